The van der Waals surface area contributed by atoms with E-state index >= 15 is 0 Å². The number of rotatable bonds is 3. The molecule has 1 N–H and O–H groups in total. The number of nitrogens with one attached hydrogen (secondary N) is 1. The van der Waals surface area contributed by atoms with Crippen molar-refractivity contribution in [3.63, 3.8) is 0 Å². The molecule has 0 saturated heterocycles. The van der Waals surface area contributed by atoms with E-state index in [0.29, 0.717) is 12.4 Å². The summed E-state index contributed by atoms with van der Waals surface area (Å²) in [6.07, 6.45) is 9.57. The molecular weight excluding hydrogens is 324 g/mol. The normalized spacial score (nSPS) is 13.8. The second-order valence-electron chi connectivity index (χ2n) is 6.38. The number of pyridine rings is 1. The number of H-pyrrole nitrogens is 1. The summed E-state index contributed by atoms with van der Waals surface area (Å²) in [6, 6.07) is 11.7. The molecule has 1 aliphatic heterocycles. The predicted molar refractivity (Wildman–Crippen MR) is 100 cm³/mol. The minimum absolute atomic E-state index is 0.0683. The molecule has 1 aromatic carbocycles. The van der Waals surface area contributed by atoms with E-state index in [1.54, 1.807) is 12.4 Å². The Hall–Kier alpha value is -3.23. The Kier molecular flexibility index (Phi) is 4.34. The maximum Gasteiger partial charge on any atom is 0.255 e. The van der Waals surface area contributed by atoms with Crippen LogP contribution in [-0.4, -0.2) is 26.4 Å². The summed E-state index contributed by atoms with van der Waals surface area (Å²) in [5.41, 5.74) is 4.45. The van der Waals surface area contributed by atoms with Crippen molar-refractivity contribution < 1.29 is 0 Å². The number of hydrogen-bond acceptors (Lipinski definition) is 4. The molecular formula is C21H18N4O. The molecule has 26 heavy (non-hydrogen) atoms. The molecule has 0 amide bonds. The van der Waals surface area contributed by atoms with E-state index in [4.69, 9.17) is 6.42 Å². The summed E-state index contributed by atoms with van der Waals surface area (Å²) in [6.45, 7) is 2.25. The van der Waals surface area contributed by atoms with Crippen LogP contribution < -0.4 is 5.56 Å². The third kappa shape index (κ3) is 3.28. The van der Waals surface area contributed by atoms with Gasteiger partial charge in [-0.25, -0.2) is 4.98 Å². The summed E-state index contributed by atoms with van der Waals surface area (Å²) < 4.78 is 0. The minimum Gasteiger partial charge on any atom is -0.306 e. The number of terminal acetylenes is 1. The zero-order chi connectivity index (χ0) is 17.9. The van der Waals surface area contributed by atoms with Gasteiger partial charge in [0.2, 0.25) is 0 Å². The maximum absolute atomic E-state index is 12.6. The summed E-state index contributed by atoms with van der Waals surface area (Å²) in [4.78, 5) is 26.5. The van der Waals surface area contributed by atoms with Crippen molar-refractivity contribution >= 4 is 0 Å². The van der Waals surface area contributed by atoms with E-state index in [1.165, 1.54) is 5.56 Å². The second kappa shape index (κ2) is 6.95. The van der Waals surface area contributed by atoms with E-state index in [-0.39, 0.29) is 5.56 Å². The lowest BCUT2D eigenvalue weighted by atomic mass is 10.0. The van der Waals surface area contributed by atoms with E-state index in [1.807, 2.05) is 36.4 Å². The molecule has 0 unspecified atom stereocenters. The fraction of sp³-hybridized carbons (Fsp3) is 0.190. The first-order chi connectivity index (χ1) is 12.7. The highest BCUT2D eigenvalue weighted by Gasteiger charge is 2.21. The van der Waals surface area contributed by atoms with Crippen molar-refractivity contribution in [3.8, 4) is 23.7 Å². The van der Waals surface area contributed by atoms with Gasteiger partial charge in [-0.05, 0) is 29.8 Å². The Morgan fingerprint density at radius 1 is 1.23 bits per heavy atom. The van der Waals surface area contributed by atoms with E-state index in [2.05, 4.69) is 25.8 Å². The van der Waals surface area contributed by atoms with E-state index < -0.39 is 0 Å². The van der Waals surface area contributed by atoms with Crippen LogP contribution in [0.25, 0.3) is 11.4 Å². The van der Waals surface area contributed by atoms with Gasteiger partial charge < -0.3 is 4.98 Å². The largest absolute Gasteiger partial charge is 0.306 e. The van der Waals surface area contributed by atoms with Gasteiger partial charge in [-0.15, -0.1) is 6.42 Å². The van der Waals surface area contributed by atoms with Crippen molar-refractivity contribution in [3.05, 3.63) is 81.5 Å². The fourth-order valence-electron chi connectivity index (χ4n) is 3.22. The SMILES string of the molecule is C#Cc1ccc(CN2CCc3nc(-c4cccnc4)[nH]c(=O)c3C2)cc1. The molecule has 2 aromatic heterocycles. The smallest absolute Gasteiger partial charge is 0.255 e. The summed E-state index contributed by atoms with van der Waals surface area (Å²) in [5.74, 6) is 3.21. The summed E-state index contributed by atoms with van der Waals surface area (Å²) >= 11 is 0. The Labute approximate surface area is 151 Å². The summed E-state index contributed by atoms with van der Waals surface area (Å²) in [5, 5.41) is 0. The first-order valence-corrected chi connectivity index (χ1v) is 8.53. The lowest BCUT2D eigenvalue weighted by Gasteiger charge is -2.27. The summed E-state index contributed by atoms with van der Waals surface area (Å²) in [7, 11) is 0. The number of benzene rings is 1. The molecule has 0 fully saturated rings. The molecule has 3 aromatic rings. The first kappa shape index (κ1) is 16.2. The molecule has 5 nitrogen and oxygen atoms in total. The number of nitrogens with zero attached hydrogens (tertiary/aromatic N) is 3. The van der Waals surface area contributed by atoms with Gasteiger partial charge >= 0.3 is 0 Å². The van der Waals surface area contributed by atoms with E-state index in [0.717, 1.165) is 41.9 Å². The Morgan fingerprint density at radius 2 is 2.08 bits per heavy atom. The van der Waals surface area contributed by atoms with Crippen molar-refractivity contribution in [1.29, 1.82) is 0 Å². The van der Waals surface area contributed by atoms with Crippen LogP contribution in [0.5, 0.6) is 0 Å². The van der Waals surface area contributed by atoms with Crippen LogP contribution in [0, 0.1) is 12.3 Å². The zero-order valence-electron chi connectivity index (χ0n) is 14.3. The van der Waals surface area contributed by atoms with Crippen molar-refractivity contribution in [2.75, 3.05) is 6.54 Å². The van der Waals surface area contributed by atoms with Gasteiger partial charge in [0.05, 0.1) is 11.3 Å². The maximum atomic E-state index is 12.6. The number of fused-ring (bicyclic) bond motifs is 1. The highest BCUT2D eigenvalue weighted by atomic mass is 16.1. The molecule has 0 spiro atoms. The van der Waals surface area contributed by atoms with Crippen molar-refractivity contribution in [2.45, 2.75) is 19.5 Å². The first-order valence-electron chi connectivity index (χ1n) is 8.53. The van der Waals surface area contributed by atoms with E-state index in [9.17, 15) is 4.79 Å². The molecule has 5 heteroatoms. The van der Waals surface area contributed by atoms with Gasteiger partial charge in [-0.2, -0.15) is 0 Å². The van der Waals surface area contributed by atoms with Gasteiger partial charge in [0.1, 0.15) is 5.82 Å². The third-order valence-corrected chi connectivity index (χ3v) is 4.61. The van der Waals surface area contributed by atoms with Crippen LogP contribution in [0.1, 0.15) is 22.4 Å². The third-order valence-electron chi connectivity index (χ3n) is 4.61. The second-order valence-corrected chi connectivity index (χ2v) is 6.38. The predicted octanol–water partition coefficient (Wildman–Crippen LogP) is 2.37. The van der Waals surface area contributed by atoms with Gasteiger partial charge in [0.15, 0.2) is 0 Å². The lowest BCUT2D eigenvalue weighted by molar-refractivity contribution is 0.242. The quantitative estimate of drug-likeness (QED) is 0.743. The molecule has 0 atom stereocenters. The Morgan fingerprint density at radius 3 is 2.81 bits per heavy atom. The van der Waals surface area contributed by atoms with Gasteiger partial charge in [-0.3, -0.25) is 14.7 Å². The molecule has 0 bridgehead atoms. The molecule has 1 aliphatic rings. The standard InChI is InChI=1S/C21H18N4O/c1-2-15-5-7-16(8-6-15)13-25-11-9-19-18(14-25)21(26)24-20(23-19)17-4-3-10-22-12-17/h1,3-8,10,12H,9,11,13-14H2,(H,23,24,26). The minimum atomic E-state index is -0.0683. The Balaban J connectivity index is 1.55. The number of aromatic nitrogens is 3. The van der Waals surface area contributed by atoms with Crippen molar-refractivity contribution in [1.82, 2.24) is 19.9 Å². The Bertz CT molecular complexity index is 1020. The van der Waals surface area contributed by atoms with Crippen LogP contribution >= 0.6 is 0 Å². The number of aromatic amines is 1. The molecule has 128 valence electrons. The van der Waals surface area contributed by atoms with Crippen LogP contribution in [0.4, 0.5) is 0 Å². The molecule has 0 aliphatic carbocycles. The average Bonchev–Trinajstić information content (AvgIpc) is 2.69. The lowest BCUT2D eigenvalue weighted by Crippen LogP contribution is -2.35. The number of hydrogen-bond donors (Lipinski definition) is 1. The molecule has 0 saturated carbocycles. The van der Waals surface area contributed by atoms with Gasteiger partial charge in [0, 0.05) is 49.6 Å². The van der Waals surface area contributed by atoms with Crippen LogP contribution in [0.15, 0.2) is 53.6 Å². The highest BCUT2D eigenvalue weighted by molar-refractivity contribution is 5.53. The molecule has 3 heterocycles. The average molecular weight is 342 g/mol. The highest BCUT2D eigenvalue weighted by Crippen LogP contribution is 2.19. The molecule has 0 radical (unpaired) electrons. The zero-order valence-corrected chi connectivity index (χ0v) is 14.3. The fourth-order valence-corrected chi connectivity index (χ4v) is 3.22. The van der Waals surface area contributed by atoms with Crippen LogP contribution in [-0.2, 0) is 19.5 Å². The van der Waals surface area contributed by atoms with Crippen LogP contribution in [0.3, 0.4) is 0 Å². The monoisotopic (exact) mass is 342 g/mol. The van der Waals surface area contributed by atoms with Gasteiger partial charge in [-0.1, -0.05) is 18.1 Å². The van der Waals surface area contributed by atoms with Gasteiger partial charge in [0.25, 0.3) is 5.56 Å². The van der Waals surface area contributed by atoms with Crippen molar-refractivity contribution in [2.24, 2.45) is 0 Å². The van der Waals surface area contributed by atoms with Crippen LogP contribution in [0.2, 0.25) is 0 Å². The molecule has 4 rings (SSSR count). The topological polar surface area (TPSA) is 61.9 Å².